The van der Waals surface area contributed by atoms with Crippen LogP contribution in [0.15, 0.2) is 71.3 Å². The van der Waals surface area contributed by atoms with Gasteiger partial charge >= 0.3 is 5.97 Å². The topological polar surface area (TPSA) is 119 Å². The lowest BCUT2D eigenvalue weighted by atomic mass is 9.49. The molecule has 5 unspecified atom stereocenters. The summed E-state index contributed by atoms with van der Waals surface area (Å²) < 4.78 is 19.1. The van der Waals surface area contributed by atoms with Gasteiger partial charge in [0.05, 0.1) is 19.6 Å². The standard InChI is InChI=1S/C35H36O8/c1-19(2)10-11-22-27(36)16-28(37)30-31(39)25-15-23-24(17-41-29(38)14-21-8-6-5-7-9-21)26-18-42-34(33(23)40,13-12-20(3)4)35(25,26)43-32(22)30/h5-10,12,15-16,23-24,26,36-37H,11,13-14,17-18H2,1-4H3. The summed E-state index contributed by atoms with van der Waals surface area (Å²) in [5.74, 6) is -3.35. The summed E-state index contributed by atoms with van der Waals surface area (Å²) in [5.41, 5.74) is 0.369. The molecule has 0 amide bonds. The van der Waals surface area contributed by atoms with Gasteiger partial charge in [-0.3, -0.25) is 14.4 Å². The predicted molar refractivity (Wildman–Crippen MR) is 158 cm³/mol. The van der Waals surface area contributed by atoms with Crippen molar-refractivity contribution >= 4 is 17.5 Å². The van der Waals surface area contributed by atoms with Crippen molar-refractivity contribution in [3.8, 4) is 17.2 Å². The maximum atomic E-state index is 14.4. The van der Waals surface area contributed by atoms with Crippen molar-refractivity contribution in [2.75, 3.05) is 13.2 Å². The van der Waals surface area contributed by atoms with Crippen LogP contribution < -0.4 is 4.74 Å². The van der Waals surface area contributed by atoms with Crippen LogP contribution in [0.2, 0.25) is 0 Å². The maximum Gasteiger partial charge on any atom is 0.310 e. The Bertz CT molecular complexity index is 1610. The zero-order valence-electron chi connectivity index (χ0n) is 24.8. The van der Waals surface area contributed by atoms with Gasteiger partial charge in [0.25, 0.3) is 0 Å². The molecule has 5 aliphatic rings. The summed E-state index contributed by atoms with van der Waals surface area (Å²) in [6.45, 7) is 7.77. The molecule has 7 rings (SSSR count). The molecule has 1 spiro atoms. The van der Waals surface area contributed by atoms with Gasteiger partial charge in [-0.05, 0) is 39.7 Å². The molecule has 5 atom stereocenters. The number of phenols is 2. The molecule has 224 valence electrons. The number of hydrogen-bond acceptors (Lipinski definition) is 8. The highest BCUT2D eigenvalue weighted by molar-refractivity contribution is 6.18. The minimum atomic E-state index is -1.52. The number of esters is 1. The van der Waals surface area contributed by atoms with Crippen LogP contribution in [-0.4, -0.2) is 52.2 Å². The fraction of sp³-hybridized carbons (Fsp3) is 0.400. The molecule has 2 N–H and O–H groups in total. The van der Waals surface area contributed by atoms with Crippen molar-refractivity contribution in [3.05, 3.63) is 88.0 Å². The van der Waals surface area contributed by atoms with Crippen molar-refractivity contribution in [1.29, 1.82) is 0 Å². The molecule has 1 saturated heterocycles. The first kappa shape index (κ1) is 28.9. The Labute approximate surface area is 250 Å². The lowest BCUT2D eigenvalue weighted by Gasteiger charge is -2.58. The van der Waals surface area contributed by atoms with Crippen molar-refractivity contribution in [2.45, 2.75) is 58.2 Å². The van der Waals surface area contributed by atoms with Crippen LogP contribution in [0.5, 0.6) is 17.2 Å². The van der Waals surface area contributed by atoms with Crippen LogP contribution in [0.3, 0.4) is 0 Å². The number of phenolic OH excluding ortho intramolecular Hbond substituents is 2. The van der Waals surface area contributed by atoms with Crippen LogP contribution in [0.25, 0.3) is 0 Å². The van der Waals surface area contributed by atoms with Crippen molar-refractivity contribution in [3.63, 3.8) is 0 Å². The van der Waals surface area contributed by atoms with E-state index < -0.39 is 40.7 Å². The molecule has 8 nitrogen and oxygen atoms in total. The molecule has 2 heterocycles. The number of rotatable bonds is 8. The summed E-state index contributed by atoms with van der Waals surface area (Å²) in [6, 6.07) is 10.4. The van der Waals surface area contributed by atoms with Gasteiger partial charge in [0.15, 0.2) is 22.8 Å². The fourth-order valence-electron chi connectivity index (χ4n) is 7.21. The third-order valence-electron chi connectivity index (χ3n) is 9.27. The molecule has 4 bridgehead atoms. The number of benzene rings is 2. The molecule has 2 aliphatic heterocycles. The number of ketones is 2. The number of aromatic hydroxyl groups is 2. The predicted octanol–water partition coefficient (Wildman–Crippen LogP) is 5.20. The number of ether oxygens (including phenoxy) is 3. The molecule has 0 aromatic heterocycles. The van der Waals surface area contributed by atoms with Gasteiger partial charge in [-0.1, -0.05) is 59.7 Å². The average Bonchev–Trinajstić information content (AvgIpc) is 3.24. The summed E-state index contributed by atoms with van der Waals surface area (Å²) in [4.78, 5) is 41.5. The third-order valence-corrected chi connectivity index (χ3v) is 9.27. The van der Waals surface area contributed by atoms with E-state index in [1.54, 1.807) is 6.08 Å². The zero-order valence-corrected chi connectivity index (χ0v) is 24.8. The highest BCUT2D eigenvalue weighted by Gasteiger charge is 2.79. The molecular weight excluding hydrogens is 548 g/mol. The lowest BCUT2D eigenvalue weighted by Crippen LogP contribution is -2.74. The van der Waals surface area contributed by atoms with Crippen molar-refractivity contribution in [1.82, 2.24) is 0 Å². The van der Waals surface area contributed by atoms with E-state index in [1.807, 2.05) is 70.2 Å². The Balaban J connectivity index is 1.45. The summed E-state index contributed by atoms with van der Waals surface area (Å²) in [6.07, 6.45) is 5.98. The first-order valence-corrected chi connectivity index (χ1v) is 14.7. The Morgan fingerprint density at radius 2 is 1.77 bits per heavy atom. The Morgan fingerprint density at radius 1 is 1.05 bits per heavy atom. The number of carbonyl (C=O) groups excluding carboxylic acids is 3. The molecule has 1 saturated carbocycles. The second-order valence-corrected chi connectivity index (χ2v) is 12.5. The zero-order chi connectivity index (χ0) is 30.7. The minimum Gasteiger partial charge on any atom is -0.507 e. The van der Waals surface area contributed by atoms with Gasteiger partial charge in [0.1, 0.15) is 22.8 Å². The molecule has 2 aromatic carbocycles. The number of Topliss-reactive ketones (excluding diaryl/α,β-unsaturated/α-hetero) is 2. The van der Waals surface area contributed by atoms with E-state index in [0.717, 1.165) is 22.8 Å². The second kappa shape index (κ2) is 10.5. The van der Waals surface area contributed by atoms with E-state index in [4.69, 9.17) is 14.2 Å². The molecule has 43 heavy (non-hydrogen) atoms. The number of fused-ring (bicyclic) bond motifs is 1. The van der Waals surface area contributed by atoms with Crippen LogP contribution in [0, 0.1) is 17.8 Å². The van der Waals surface area contributed by atoms with Crippen LogP contribution in [0.4, 0.5) is 0 Å². The minimum absolute atomic E-state index is 0.0329. The van der Waals surface area contributed by atoms with Gasteiger partial charge in [-0.25, -0.2) is 0 Å². The van der Waals surface area contributed by atoms with E-state index >= 15 is 0 Å². The Hall–Kier alpha value is -4.17. The number of allylic oxidation sites excluding steroid dienone is 4. The van der Waals surface area contributed by atoms with Gasteiger partial charge in [0.2, 0.25) is 0 Å². The Morgan fingerprint density at radius 3 is 2.47 bits per heavy atom. The van der Waals surface area contributed by atoms with E-state index in [9.17, 15) is 24.6 Å². The highest BCUT2D eigenvalue weighted by Crippen LogP contribution is 2.65. The lowest BCUT2D eigenvalue weighted by molar-refractivity contribution is -0.174. The fourth-order valence-corrected chi connectivity index (χ4v) is 7.21. The quantitative estimate of drug-likeness (QED) is 0.321. The molecule has 2 fully saturated rings. The molecule has 0 radical (unpaired) electrons. The van der Waals surface area contributed by atoms with Crippen molar-refractivity contribution < 1.29 is 38.8 Å². The average molecular weight is 585 g/mol. The SMILES string of the molecule is CC(C)=CCc1c(O)cc(O)c2c1OC13C(=CC4C(=O)C1(CC=C(C)C)OCC3C4COC(=O)Cc1ccccc1)C2=O. The van der Waals surface area contributed by atoms with Gasteiger partial charge < -0.3 is 24.4 Å². The second-order valence-electron chi connectivity index (χ2n) is 12.5. The Kier molecular flexibility index (Phi) is 7.08. The van der Waals surface area contributed by atoms with Crippen molar-refractivity contribution in [2.24, 2.45) is 17.8 Å². The van der Waals surface area contributed by atoms with E-state index in [1.165, 1.54) is 0 Å². The summed E-state index contributed by atoms with van der Waals surface area (Å²) in [5, 5.41) is 21.8. The first-order chi connectivity index (χ1) is 20.5. The smallest absolute Gasteiger partial charge is 0.310 e. The summed E-state index contributed by atoms with van der Waals surface area (Å²) >= 11 is 0. The first-order valence-electron chi connectivity index (χ1n) is 14.7. The van der Waals surface area contributed by atoms with Gasteiger partial charge in [-0.2, -0.15) is 0 Å². The van der Waals surface area contributed by atoms with Gasteiger partial charge in [0, 0.05) is 41.4 Å². The molecule has 3 aliphatic carbocycles. The maximum absolute atomic E-state index is 14.4. The summed E-state index contributed by atoms with van der Waals surface area (Å²) in [7, 11) is 0. The van der Waals surface area contributed by atoms with E-state index in [0.29, 0.717) is 5.56 Å². The number of carbonyl (C=O) groups is 3. The number of hydrogen-bond donors (Lipinski definition) is 2. The van der Waals surface area contributed by atoms with Gasteiger partial charge in [-0.15, -0.1) is 0 Å². The molecule has 8 heteroatoms. The van der Waals surface area contributed by atoms with Crippen LogP contribution in [-0.2, 0) is 31.9 Å². The molecular formula is C35H36O8. The normalized spacial score (nSPS) is 27.9. The largest absolute Gasteiger partial charge is 0.507 e. The highest BCUT2D eigenvalue weighted by atomic mass is 16.6. The van der Waals surface area contributed by atoms with E-state index in [-0.39, 0.29) is 66.6 Å². The van der Waals surface area contributed by atoms with Crippen LogP contribution >= 0.6 is 0 Å². The third kappa shape index (κ3) is 4.34. The van der Waals surface area contributed by atoms with E-state index in [2.05, 4.69) is 0 Å². The van der Waals surface area contributed by atoms with Crippen LogP contribution in [0.1, 0.15) is 55.6 Å². The monoisotopic (exact) mass is 584 g/mol. The molecule has 2 aromatic rings.